The van der Waals surface area contributed by atoms with E-state index < -0.39 is 0 Å². The molecule has 1 heterocycles. The maximum atomic E-state index is 11.8. The van der Waals surface area contributed by atoms with Gasteiger partial charge in [0.05, 0.1) is 19.0 Å². The van der Waals surface area contributed by atoms with Gasteiger partial charge in [-0.1, -0.05) is 25.1 Å². The number of thioether (sulfide) groups is 1. The van der Waals surface area contributed by atoms with Crippen LogP contribution < -0.4 is 15.4 Å². The van der Waals surface area contributed by atoms with Gasteiger partial charge >= 0.3 is 5.97 Å². The molecule has 156 valence electrons. The van der Waals surface area contributed by atoms with E-state index in [1.165, 1.54) is 11.8 Å². The van der Waals surface area contributed by atoms with Crippen molar-refractivity contribution in [3.05, 3.63) is 36.0 Å². The first-order valence-corrected chi connectivity index (χ1v) is 10.8. The first kappa shape index (κ1) is 22.9. The number of rotatable bonds is 10. The molecule has 0 atom stereocenters. The van der Waals surface area contributed by atoms with Crippen molar-refractivity contribution < 1.29 is 14.3 Å². The zero-order chi connectivity index (χ0) is 21.1. The summed E-state index contributed by atoms with van der Waals surface area (Å²) in [4.78, 5) is 20.5. The van der Waals surface area contributed by atoms with E-state index in [0.29, 0.717) is 29.3 Å². The second-order valence-electron chi connectivity index (χ2n) is 6.08. The van der Waals surface area contributed by atoms with Gasteiger partial charge in [-0.05, 0) is 56.8 Å². The summed E-state index contributed by atoms with van der Waals surface area (Å²) in [7, 11) is 0. The molecule has 7 nitrogen and oxygen atoms in total. The van der Waals surface area contributed by atoms with E-state index in [1.807, 2.05) is 45.0 Å². The van der Waals surface area contributed by atoms with E-state index >= 15 is 0 Å². The number of esters is 1. The van der Waals surface area contributed by atoms with E-state index in [2.05, 4.69) is 20.6 Å². The Kier molecular flexibility index (Phi) is 9.66. The highest BCUT2D eigenvalue weighted by Gasteiger charge is 2.09. The highest BCUT2D eigenvalue weighted by molar-refractivity contribution is 7.99. The third-order valence-corrected chi connectivity index (χ3v) is 4.60. The average Bonchev–Trinajstić information content (AvgIpc) is 2.68. The summed E-state index contributed by atoms with van der Waals surface area (Å²) in [5, 5.41) is 7.04. The number of aryl methyl sites for hydroxylation is 1. The number of anilines is 2. The van der Waals surface area contributed by atoms with Crippen LogP contribution in [0.4, 0.5) is 11.5 Å². The Morgan fingerprint density at radius 3 is 2.62 bits per heavy atom. The number of unbranched alkanes of at least 4 members (excludes halogenated alkanes) is 1. The lowest BCUT2D eigenvalue weighted by Crippen LogP contribution is -2.20. The summed E-state index contributed by atoms with van der Waals surface area (Å²) in [6, 6.07) is 9.30. The highest BCUT2D eigenvalue weighted by Crippen LogP contribution is 2.18. The van der Waals surface area contributed by atoms with Gasteiger partial charge in [-0.25, -0.2) is 9.97 Å². The zero-order valence-corrected chi connectivity index (χ0v) is 18.5. The molecule has 2 rings (SSSR count). The first-order chi connectivity index (χ1) is 14.0. The quantitative estimate of drug-likeness (QED) is 0.185. The maximum absolute atomic E-state index is 11.8. The molecule has 0 aliphatic heterocycles. The minimum atomic E-state index is -0.268. The lowest BCUT2D eigenvalue weighted by molar-refractivity contribution is -0.140. The first-order valence-electron chi connectivity index (χ1n) is 9.45. The smallest absolute Gasteiger partial charge is 0.316 e. The van der Waals surface area contributed by atoms with Gasteiger partial charge in [0.15, 0.2) is 10.3 Å². The monoisotopic (exact) mass is 434 g/mol. The fourth-order valence-corrected chi connectivity index (χ4v) is 3.17. The standard InChI is InChI=1S/C20H26N4O3S2/c1-4-6-11-27-18(25)13-29-20-21-14(3)12-17(24-20)23-19(28)22-15-7-9-16(10-8-15)26-5-2/h7-10,12H,4-6,11,13H2,1-3H3,(H2,21,22,23,24,28). The Balaban J connectivity index is 1.89. The van der Waals surface area contributed by atoms with Crippen molar-refractivity contribution in [1.29, 1.82) is 0 Å². The van der Waals surface area contributed by atoms with Crippen LogP contribution in [0.2, 0.25) is 0 Å². The Hall–Kier alpha value is -2.39. The number of nitrogens with one attached hydrogen (secondary N) is 2. The maximum Gasteiger partial charge on any atom is 0.316 e. The summed E-state index contributed by atoms with van der Waals surface area (Å²) in [6.45, 7) is 6.92. The summed E-state index contributed by atoms with van der Waals surface area (Å²) in [6.07, 6.45) is 1.85. The average molecular weight is 435 g/mol. The van der Waals surface area contributed by atoms with Crippen LogP contribution in [0, 0.1) is 6.92 Å². The molecule has 0 unspecified atom stereocenters. The number of aromatic nitrogens is 2. The van der Waals surface area contributed by atoms with Gasteiger partial charge in [-0.3, -0.25) is 4.79 Å². The van der Waals surface area contributed by atoms with Crippen molar-refractivity contribution >= 4 is 46.6 Å². The third kappa shape index (κ3) is 8.66. The number of carbonyl (C=O) groups excluding carboxylic acids is 1. The van der Waals surface area contributed by atoms with Crippen molar-refractivity contribution in [2.45, 2.75) is 38.8 Å². The molecular weight excluding hydrogens is 408 g/mol. The van der Waals surface area contributed by atoms with Gasteiger partial charge in [0.2, 0.25) is 0 Å². The van der Waals surface area contributed by atoms with Crippen LogP contribution in [0.1, 0.15) is 32.4 Å². The SMILES string of the molecule is CCCCOC(=O)CSc1nc(C)cc(NC(=S)Nc2ccc(OCC)cc2)n1. The Labute approximate surface area is 181 Å². The van der Waals surface area contributed by atoms with Crippen LogP contribution in [-0.2, 0) is 9.53 Å². The molecule has 0 aliphatic carbocycles. The van der Waals surface area contributed by atoms with E-state index in [0.717, 1.165) is 30.0 Å². The van der Waals surface area contributed by atoms with Crippen LogP contribution >= 0.6 is 24.0 Å². The molecule has 9 heteroatoms. The minimum absolute atomic E-state index is 0.168. The number of benzene rings is 1. The van der Waals surface area contributed by atoms with Crippen molar-refractivity contribution in [2.24, 2.45) is 0 Å². The Morgan fingerprint density at radius 1 is 1.17 bits per heavy atom. The molecule has 0 spiro atoms. The van der Waals surface area contributed by atoms with E-state index in [1.54, 1.807) is 6.07 Å². The normalized spacial score (nSPS) is 10.3. The second-order valence-corrected chi connectivity index (χ2v) is 7.43. The molecule has 0 aliphatic rings. The van der Waals surface area contributed by atoms with Gasteiger partial charge in [0.25, 0.3) is 0 Å². The predicted molar refractivity (Wildman–Crippen MR) is 121 cm³/mol. The molecule has 0 saturated heterocycles. The van der Waals surface area contributed by atoms with E-state index in [-0.39, 0.29) is 11.7 Å². The second kappa shape index (κ2) is 12.2. The highest BCUT2D eigenvalue weighted by atomic mass is 32.2. The minimum Gasteiger partial charge on any atom is -0.494 e. The van der Waals surface area contributed by atoms with Gasteiger partial charge in [0, 0.05) is 17.4 Å². The topological polar surface area (TPSA) is 85.4 Å². The fourth-order valence-electron chi connectivity index (χ4n) is 2.25. The fraction of sp³-hybridized carbons (Fsp3) is 0.400. The molecule has 2 N–H and O–H groups in total. The number of hydrogen-bond acceptors (Lipinski definition) is 7. The van der Waals surface area contributed by atoms with E-state index in [9.17, 15) is 4.79 Å². The zero-order valence-electron chi connectivity index (χ0n) is 16.9. The summed E-state index contributed by atoms with van der Waals surface area (Å²) < 4.78 is 10.6. The molecule has 0 bridgehead atoms. The summed E-state index contributed by atoms with van der Waals surface area (Å²) in [5.41, 5.74) is 1.61. The molecule has 0 saturated carbocycles. The van der Waals surface area contributed by atoms with Gasteiger partial charge in [0.1, 0.15) is 11.6 Å². The molecule has 1 aromatic heterocycles. The predicted octanol–water partition coefficient (Wildman–Crippen LogP) is 4.43. The number of hydrogen-bond donors (Lipinski definition) is 2. The number of nitrogens with zero attached hydrogens (tertiary/aromatic N) is 2. The molecule has 0 amide bonds. The summed E-state index contributed by atoms with van der Waals surface area (Å²) in [5.74, 6) is 1.26. The molecule has 1 aromatic carbocycles. The number of carbonyl (C=O) groups is 1. The number of thiocarbonyl (C=S) groups is 1. The van der Waals surface area contributed by atoms with Gasteiger partial charge in [-0.15, -0.1) is 0 Å². The molecule has 0 fully saturated rings. The third-order valence-electron chi connectivity index (χ3n) is 3.58. The molecular formula is C20H26N4O3S2. The van der Waals surface area contributed by atoms with Crippen LogP contribution in [-0.4, -0.2) is 40.0 Å². The Morgan fingerprint density at radius 2 is 1.93 bits per heavy atom. The molecule has 0 radical (unpaired) electrons. The van der Waals surface area contributed by atoms with Crippen molar-refractivity contribution in [1.82, 2.24) is 9.97 Å². The van der Waals surface area contributed by atoms with Gasteiger partial charge in [-0.2, -0.15) is 0 Å². The Bertz CT molecular complexity index is 816. The summed E-state index contributed by atoms with van der Waals surface area (Å²) >= 11 is 6.60. The van der Waals surface area contributed by atoms with Crippen LogP contribution in [0.15, 0.2) is 35.5 Å². The van der Waals surface area contributed by atoms with Crippen molar-refractivity contribution in [3.63, 3.8) is 0 Å². The lowest BCUT2D eigenvalue weighted by Gasteiger charge is -2.12. The van der Waals surface area contributed by atoms with Crippen LogP contribution in [0.25, 0.3) is 0 Å². The van der Waals surface area contributed by atoms with Crippen molar-refractivity contribution in [2.75, 3.05) is 29.6 Å². The molecule has 29 heavy (non-hydrogen) atoms. The molecule has 2 aromatic rings. The lowest BCUT2D eigenvalue weighted by atomic mass is 10.3. The van der Waals surface area contributed by atoms with Crippen LogP contribution in [0.5, 0.6) is 5.75 Å². The van der Waals surface area contributed by atoms with Gasteiger partial charge < -0.3 is 20.1 Å². The number of ether oxygens (including phenoxy) is 2. The van der Waals surface area contributed by atoms with Crippen molar-refractivity contribution in [3.8, 4) is 5.75 Å². The van der Waals surface area contributed by atoms with Crippen LogP contribution in [0.3, 0.4) is 0 Å². The largest absolute Gasteiger partial charge is 0.494 e. The van der Waals surface area contributed by atoms with E-state index in [4.69, 9.17) is 21.7 Å².